The van der Waals surface area contributed by atoms with Gasteiger partial charge in [0.1, 0.15) is 6.33 Å². The maximum absolute atomic E-state index is 11.1. The highest BCUT2D eigenvalue weighted by molar-refractivity contribution is 4.65. The van der Waals surface area contributed by atoms with Crippen LogP contribution in [0.3, 0.4) is 0 Å². The van der Waals surface area contributed by atoms with Crippen molar-refractivity contribution in [1.82, 2.24) is 14.3 Å². The van der Waals surface area contributed by atoms with Gasteiger partial charge in [0, 0.05) is 13.6 Å². The molecule has 0 unspecified atom stereocenters. The molecule has 1 rings (SSSR count). The molecule has 0 aliphatic rings. The second kappa shape index (κ2) is 3.37. The van der Waals surface area contributed by atoms with Crippen molar-refractivity contribution in [3.63, 3.8) is 0 Å². The number of rotatable bonds is 3. The fourth-order valence-electron chi connectivity index (χ4n) is 0.906. The van der Waals surface area contributed by atoms with Gasteiger partial charge in [0.05, 0.1) is 0 Å². The first-order valence-corrected chi connectivity index (χ1v) is 3.84. The molecule has 0 saturated carbocycles. The van der Waals surface area contributed by atoms with E-state index in [-0.39, 0.29) is 5.69 Å². The molecule has 4 heteroatoms. The third-order valence-electron chi connectivity index (χ3n) is 1.64. The first-order valence-electron chi connectivity index (χ1n) is 3.84. The minimum atomic E-state index is -0.0292. The first kappa shape index (κ1) is 8.04. The van der Waals surface area contributed by atoms with Crippen molar-refractivity contribution in [2.45, 2.75) is 26.3 Å². The van der Waals surface area contributed by atoms with Crippen LogP contribution in [0, 0.1) is 0 Å². The van der Waals surface area contributed by atoms with Gasteiger partial charge in [0.2, 0.25) is 0 Å². The Morgan fingerprint density at radius 2 is 2.36 bits per heavy atom. The van der Waals surface area contributed by atoms with Gasteiger partial charge >= 0.3 is 5.69 Å². The second-order valence-electron chi connectivity index (χ2n) is 2.58. The quantitative estimate of drug-likeness (QED) is 0.633. The molecular formula is C7H13N3O. The van der Waals surface area contributed by atoms with Gasteiger partial charge in [0.15, 0.2) is 0 Å². The zero-order valence-electron chi connectivity index (χ0n) is 6.95. The van der Waals surface area contributed by atoms with Gasteiger partial charge in [-0.25, -0.2) is 9.48 Å². The molecule has 1 aromatic heterocycles. The molecule has 0 saturated heterocycles. The largest absolute Gasteiger partial charge is 0.345 e. The van der Waals surface area contributed by atoms with Crippen molar-refractivity contribution in [2.24, 2.45) is 7.05 Å². The lowest BCUT2D eigenvalue weighted by Crippen LogP contribution is -2.22. The minimum absolute atomic E-state index is 0.0292. The molecule has 0 fully saturated rings. The average molecular weight is 155 g/mol. The fourth-order valence-corrected chi connectivity index (χ4v) is 0.906. The number of hydrogen-bond acceptors (Lipinski definition) is 2. The highest BCUT2D eigenvalue weighted by Crippen LogP contribution is 1.89. The Labute approximate surface area is 65.5 Å². The van der Waals surface area contributed by atoms with E-state index in [4.69, 9.17) is 0 Å². The molecule has 0 N–H and O–H groups in total. The standard InChI is InChI=1S/C7H13N3O/c1-3-4-5-10-6-8-9(2)7(10)11/h6H,3-5H2,1-2H3. The Morgan fingerprint density at radius 3 is 2.82 bits per heavy atom. The Morgan fingerprint density at radius 1 is 1.64 bits per heavy atom. The third kappa shape index (κ3) is 1.69. The van der Waals surface area contributed by atoms with Crippen LogP contribution in [0.15, 0.2) is 11.1 Å². The van der Waals surface area contributed by atoms with Crippen molar-refractivity contribution >= 4 is 0 Å². The van der Waals surface area contributed by atoms with Gasteiger partial charge in [-0.2, -0.15) is 5.10 Å². The number of aromatic nitrogens is 3. The van der Waals surface area contributed by atoms with E-state index in [1.165, 1.54) is 4.68 Å². The molecule has 0 aromatic carbocycles. The summed E-state index contributed by atoms with van der Waals surface area (Å²) in [5, 5.41) is 3.84. The van der Waals surface area contributed by atoms with Gasteiger partial charge in [-0.05, 0) is 6.42 Å². The molecule has 11 heavy (non-hydrogen) atoms. The van der Waals surface area contributed by atoms with E-state index in [1.54, 1.807) is 17.9 Å². The van der Waals surface area contributed by atoms with E-state index in [2.05, 4.69) is 12.0 Å². The van der Waals surface area contributed by atoms with E-state index >= 15 is 0 Å². The molecule has 0 atom stereocenters. The summed E-state index contributed by atoms with van der Waals surface area (Å²) in [5.41, 5.74) is -0.0292. The number of nitrogens with zero attached hydrogens (tertiary/aromatic N) is 3. The Hall–Kier alpha value is -1.06. The topological polar surface area (TPSA) is 39.8 Å². The summed E-state index contributed by atoms with van der Waals surface area (Å²) in [5.74, 6) is 0. The molecule has 0 bridgehead atoms. The molecular weight excluding hydrogens is 142 g/mol. The maximum atomic E-state index is 11.1. The smallest absolute Gasteiger partial charge is 0.282 e. The maximum Gasteiger partial charge on any atom is 0.345 e. The molecule has 0 amide bonds. The van der Waals surface area contributed by atoms with Crippen molar-refractivity contribution in [3.05, 3.63) is 16.8 Å². The van der Waals surface area contributed by atoms with Gasteiger partial charge in [-0.15, -0.1) is 0 Å². The van der Waals surface area contributed by atoms with Gasteiger partial charge in [-0.1, -0.05) is 13.3 Å². The van der Waals surface area contributed by atoms with Crippen LogP contribution >= 0.6 is 0 Å². The summed E-state index contributed by atoms with van der Waals surface area (Å²) in [7, 11) is 1.66. The Kier molecular flexibility index (Phi) is 2.46. The predicted octanol–water partition coefficient (Wildman–Crippen LogP) is 0.382. The van der Waals surface area contributed by atoms with Gasteiger partial charge < -0.3 is 0 Å². The first-order chi connectivity index (χ1) is 5.25. The predicted molar refractivity (Wildman–Crippen MR) is 42.4 cm³/mol. The molecule has 1 heterocycles. The minimum Gasteiger partial charge on any atom is -0.282 e. The summed E-state index contributed by atoms with van der Waals surface area (Å²) < 4.78 is 2.97. The highest BCUT2D eigenvalue weighted by atomic mass is 16.2. The number of hydrogen-bond donors (Lipinski definition) is 0. The van der Waals surface area contributed by atoms with E-state index < -0.39 is 0 Å². The van der Waals surface area contributed by atoms with Crippen LogP contribution in [0.5, 0.6) is 0 Å². The molecule has 4 nitrogen and oxygen atoms in total. The lowest BCUT2D eigenvalue weighted by molar-refractivity contribution is 0.600. The SMILES string of the molecule is CCCCn1cnn(C)c1=O. The molecule has 62 valence electrons. The van der Waals surface area contributed by atoms with E-state index in [0.717, 1.165) is 19.4 Å². The second-order valence-corrected chi connectivity index (χ2v) is 2.58. The van der Waals surface area contributed by atoms with Crippen molar-refractivity contribution in [1.29, 1.82) is 0 Å². The van der Waals surface area contributed by atoms with E-state index in [1.807, 2.05) is 0 Å². The molecule has 0 spiro atoms. The Bertz CT molecular complexity index is 273. The van der Waals surface area contributed by atoms with Crippen molar-refractivity contribution in [3.8, 4) is 0 Å². The average Bonchev–Trinajstić information content (AvgIpc) is 2.31. The van der Waals surface area contributed by atoms with Gasteiger partial charge in [0.25, 0.3) is 0 Å². The fraction of sp³-hybridized carbons (Fsp3) is 0.714. The van der Waals surface area contributed by atoms with Crippen LogP contribution in [0.2, 0.25) is 0 Å². The van der Waals surface area contributed by atoms with E-state index in [9.17, 15) is 4.79 Å². The lowest BCUT2D eigenvalue weighted by Gasteiger charge is -1.95. The third-order valence-corrected chi connectivity index (χ3v) is 1.64. The molecule has 0 radical (unpaired) electrons. The molecule has 0 aliphatic heterocycles. The summed E-state index contributed by atoms with van der Waals surface area (Å²) in [4.78, 5) is 11.1. The molecule has 1 aromatic rings. The summed E-state index contributed by atoms with van der Waals surface area (Å²) in [6.45, 7) is 2.88. The van der Waals surface area contributed by atoms with Crippen LogP contribution < -0.4 is 5.69 Å². The van der Waals surface area contributed by atoms with Crippen LogP contribution in [-0.4, -0.2) is 14.3 Å². The summed E-state index contributed by atoms with van der Waals surface area (Å²) in [6, 6.07) is 0. The number of unbranched alkanes of at least 4 members (excludes halogenated alkanes) is 1. The van der Waals surface area contributed by atoms with Crippen LogP contribution in [0.25, 0.3) is 0 Å². The van der Waals surface area contributed by atoms with Gasteiger partial charge in [-0.3, -0.25) is 4.57 Å². The van der Waals surface area contributed by atoms with Crippen LogP contribution in [-0.2, 0) is 13.6 Å². The summed E-state index contributed by atoms with van der Waals surface area (Å²) >= 11 is 0. The van der Waals surface area contributed by atoms with Crippen molar-refractivity contribution < 1.29 is 0 Å². The normalized spacial score (nSPS) is 10.4. The Balaban J connectivity index is 2.71. The monoisotopic (exact) mass is 155 g/mol. The lowest BCUT2D eigenvalue weighted by atomic mass is 10.3. The van der Waals surface area contributed by atoms with Crippen LogP contribution in [0.1, 0.15) is 19.8 Å². The highest BCUT2D eigenvalue weighted by Gasteiger charge is 1.98. The van der Waals surface area contributed by atoms with E-state index in [0.29, 0.717) is 0 Å². The number of aryl methyl sites for hydroxylation is 2. The van der Waals surface area contributed by atoms with Crippen LogP contribution in [0.4, 0.5) is 0 Å². The van der Waals surface area contributed by atoms with Crippen molar-refractivity contribution in [2.75, 3.05) is 0 Å². The zero-order chi connectivity index (χ0) is 8.27. The summed E-state index contributed by atoms with van der Waals surface area (Å²) in [6.07, 6.45) is 3.71. The zero-order valence-corrected chi connectivity index (χ0v) is 6.95. The molecule has 0 aliphatic carbocycles.